The third kappa shape index (κ3) is 10.6. The van der Waals surface area contributed by atoms with Gasteiger partial charge in [0.1, 0.15) is 9.79 Å². The van der Waals surface area contributed by atoms with Crippen molar-refractivity contribution >= 4 is 91.5 Å². The van der Waals surface area contributed by atoms with Gasteiger partial charge in [-0.25, -0.2) is 0 Å². The van der Waals surface area contributed by atoms with Crippen molar-refractivity contribution in [1.82, 2.24) is 0 Å². The van der Waals surface area contributed by atoms with Crippen molar-refractivity contribution in [3.05, 3.63) is 59.7 Å². The van der Waals surface area contributed by atoms with Gasteiger partial charge in [-0.1, -0.05) is 48.6 Å². The summed E-state index contributed by atoms with van der Waals surface area (Å²) in [6, 6.07) is 11.4. The summed E-state index contributed by atoms with van der Waals surface area (Å²) < 4.78 is 63.4. The van der Waals surface area contributed by atoms with E-state index in [4.69, 9.17) is 9.11 Å². The summed E-state index contributed by atoms with van der Waals surface area (Å²) in [6.45, 7) is 0. The Kier molecular flexibility index (Phi) is 21.5. The van der Waals surface area contributed by atoms with Crippen LogP contribution in [0.15, 0.2) is 58.3 Å². The molecule has 0 bridgehead atoms. The van der Waals surface area contributed by atoms with Crippen molar-refractivity contribution < 1.29 is 47.8 Å². The second-order valence-electron chi connectivity index (χ2n) is 4.36. The Balaban J connectivity index is -0.000000294. The molecule has 0 saturated heterocycles. The maximum atomic E-state index is 11.3. The first-order chi connectivity index (χ1) is 10.2. The van der Waals surface area contributed by atoms with Gasteiger partial charge in [0.2, 0.25) is 0 Å². The molecule has 0 fully saturated rings. The SMILES string of the molecule is O.O.O.O.O=S(=O)(O)c1ccccc1C=Cc1ccccc1S(=O)(=O)O.[NaH].[NaH]. The monoisotopic (exact) mass is 460 g/mol. The fraction of sp³-hybridized carbons (Fsp3) is 0. The number of benzene rings is 2. The van der Waals surface area contributed by atoms with Gasteiger partial charge in [0.05, 0.1) is 0 Å². The van der Waals surface area contributed by atoms with E-state index in [0.29, 0.717) is 0 Å². The third-order valence-electron chi connectivity index (χ3n) is 2.84. The zero-order valence-electron chi connectivity index (χ0n) is 13.1. The van der Waals surface area contributed by atoms with Crippen molar-refractivity contribution in [2.75, 3.05) is 0 Å². The molecule has 0 aliphatic heterocycles. The average molecular weight is 460 g/mol. The average Bonchev–Trinajstić information content (AvgIpc) is 2.44. The Morgan fingerprint density at radius 2 is 0.821 bits per heavy atom. The summed E-state index contributed by atoms with van der Waals surface area (Å²) in [6.07, 6.45) is 2.68. The molecule has 28 heavy (non-hydrogen) atoms. The fourth-order valence-corrected chi connectivity index (χ4v) is 3.25. The van der Waals surface area contributed by atoms with Crippen LogP contribution in [0.5, 0.6) is 0 Å². The van der Waals surface area contributed by atoms with E-state index >= 15 is 0 Å². The standard InChI is InChI=1S/C14H12O6S2.2Na.4H2O.2H/c15-21(16,17)13-7-3-1-5-11(13)9-10-12-6-2-4-8-14(12)22(18,19)20;;;;;;;;/h1-10H,(H,15,16,17)(H,18,19,20);;;4*1H2;;. The second kappa shape index (κ2) is 15.6. The molecule has 0 heterocycles. The predicted octanol–water partition coefficient (Wildman–Crippen LogP) is -2.25. The Labute approximate surface area is 207 Å². The van der Waals surface area contributed by atoms with Crippen LogP contribution in [0.1, 0.15) is 11.1 Å². The van der Waals surface area contributed by atoms with Crippen molar-refractivity contribution in [3.8, 4) is 0 Å². The van der Waals surface area contributed by atoms with E-state index in [1.165, 1.54) is 48.6 Å². The van der Waals surface area contributed by atoms with E-state index in [-0.39, 0.29) is 102 Å². The minimum absolute atomic E-state index is 0. The minimum atomic E-state index is -4.40. The van der Waals surface area contributed by atoms with Crippen LogP contribution in [-0.4, -0.2) is 107 Å². The molecule has 2 aromatic carbocycles. The summed E-state index contributed by atoms with van der Waals surface area (Å²) in [5, 5.41) is 0. The molecule has 0 saturated carbocycles. The molecule has 0 spiro atoms. The van der Waals surface area contributed by atoms with Gasteiger partial charge in [-0.05, 0) is 23.3 Å². The van der Waals surface area contributed by atoms with Crippen LogP contribution in [0.4, 0.5) is 0 Å². The van der Waals surface area contributed by atoms with Crippen LogP contribution in [0.3, 0.4) is 0 Å². The first-order valence-corrected chi connectivity index (χ1v) is 8.89. The van der Waals surface area contributed by atoms with Gasteiger partial charge in [-0.15, -0.1) is 0 Å². The van der Waals surface area contributed by atoms with E-state index < -0.39 is 20.2 Å². The Hall–Kier alpha value is -0.160. The van der Waals surface area contributed by atoms with Crippen molar-refractivity contribution in [2.45, 2.75) is 9.79 Å². The number of rotatable bonds is 4. The van der Waals surface area contributed by atoms with Gasteiger partial charge in [-0.2, -0.15) is 16.8 Å². The fourth-order valence-electron chi connectivity index (χ4n) is 1.89. The zero-order chi connectivity index (χ0) is 16.4. The van der Waals surface area contributed by atoms with Crippen molar-refractivity contribution in [1.29, 1.82) is 0 Å². The molecule has 0 radical (unpaired) electrons. The summed E-state index contributed by atoms with van der Waals surface area (Å²) in [4.78, 5) is -0.592. The molecule has 0 aliphatic rings. The van der Waals surface area contributed by atoms with Crippen molar-refractivity contribution in [3.63, 3.8) is 0 Å². The van der Waals surface area contributed by atoms with Gasteiger partial charge in [-0.3, -0.25) is 9.11 Å². The van der Waals surface area contributed by atoms with E-state index in [9.17, 15) is 16.8 Å². The van der Waals surface area contributed by atoms with E-state index in [1.54, 1.807) is 12.1 Å². The summed E-state index contributed by atoms with van der Waals surface area (Å²) in [5.41, 5.74) is 0.380. The zero-order valence-corrected chi connectivity index (χ0v) is 14.8. The molecular formula is C14H22Na2O10S2. The quantitative estimate of drug-likeness (QED) is 0.290. The van der Waals surface area contributed by atoms with Gasteiger partial charge < -0.3 is 21.9 Å². The third-order valence-corrected chi connectivity index (χ3v) is 4.69. The van der Waals surface area contributed by atoms with Gasteiger partial charge >= 0.3 is 59.1 Å². The van der Waals surface area contributed by atoms with Crippen LogP contribution < -0.4 is 0 Å². The summed E-state index contributed by atoms with van der Waals surface area (Å²) >= 11 is 0. The van der Waals surface area contributed by atoms with Gasteiger partial charge in [0.25, 0.3) is 20.2 Å². The van der Waals surface area contributed by atoms with Crippen LogP contribution in [-0.2, 0) is 20.2 Å². The Morgan fingerprint density at radius 3 is 1.07 bits per heavy atom. The van der Waals surface area contributed by atoms with Crippen molar-refractivity contribution in [2.24, 2.45) is 0 Å². The molecule has 0 unspecified atom stereocenters. The molecule has 0 amide bonds. The molecule has 0 atom stereocenters. The van der Waals surface area contributed by atoms with Crippen LogP contribution in [0.25, 0.3) is 12.2 Å². The number of hydrogen-bond acceptors (Lipinski definition) is 4. The molecule has 0 aliphatic carbocycles. The maximum absolute atomic E-state index is 11.3. The van der Waals surface area contributed by atoms with E-state index in [0.717, 1.165) is 0 Å². The molecule has 152 valence electrons. The first kappa shape index (κ1) is 38.4. The van der Waals surface area contributed by atoms with E-state index in [2.05, 4.69) is 0 Å². The van der Waals surface area contributed by atoms with Crippen LogP contribution in [0, 0.1) is 0 Å². The van der Waals surface area contributed by atoms with Gasteiger partial charge in [0.15, 0.2) is 0 Å². The van der Waals surface area contributed by atoms with Gasteiger partial charge in [0, 0.05) is 0 Å². The second-order valence-corrected chi connectivity index (χ2v) is 7.14. The predicted molar refractivity (Wildman–Crippen MR) is 110 cm³/mol. The van der Waals surface area contributed by atoms with E-state index in [1.807, 2.05) is 0 Å². The summed E-state index contributed by atoms with van der Waals surface area (Å²) in [5.74, 6) is 0. The molecule has 2 rings (SSSR count). The molecule has 2 aromatic rings. The molecule has 10 N–H and O–H groups in total. The summed E-state index contributed by atoms with van der Waals surface area (Å²) in [7, 11) is -8.79. The topological polar surface area (TPSA) is 235 Å². The number of hydrogen-bond donors (Lipinski definition) is 2. The molecule has 0 aromatic heterocycles. The van der Waals surface area contributed by atoms with Crippen LogP contribution >= 0.6 is 0 Å². The Bertz CT molecular complexity index is 867. The molecule has 14 heteroatoms. The molecular weight excluding hydrogens is 438 g/mol. The normalized spacial score (nSPS) is 9.93. The first-order valence-electron chi connectivity index (χ1n) is 6.01. The molecule has 10 nitrogen and oxygen atoms in total. The van der Waals surface area contributed by atoms with Crippen LogP contribution in [0.2, 0.25) is 0 Å². The Morgan fingerprint density at radius 1 is 0.571 bits per heavy atom.